The highest BCUT2D eigenvalue weighted by Crippen LogP contribution is 2.41. The number of allylic oxidation sites excluding steroid dienone is 1. The lowest BCUT2D eigenvalue weighted by atomic mass is 9.95. The highest BCUT2D eigenvalue weighted by Gasteiger charge is 2.53. The van der Waals surface area contributed by atoms with Crippen LogP contribution in [0.1, 0.15) is 31.2 Å². The van der Waals surface area contributed by atoms with E-state index < -0.39 is 55.5 Å². The lowest BCUT2D eigenvalue weighted by molar-refractivity contribution is -0.133. The molecule has 2 aliphatic heterocycles. The molecule has 2 heterocycles. The number of alkyl halides is 6. The van der Waals surface area contributed by atoms with Gasteiger partial charge in [-0.3, -0.25) is 4.79 Å². The van der Waals surface area contributed by atoms with E-state index in [1.165, 1.54) is 0 Å². The second kappa shape index (κ2) is 10.1. The van der Waals surface area contributed by atoms with Gasteiger partial charge in [-0.25, -0.2) is 4.31 Å². The summed E-state index contributed by atoms with van der Waals surface area (Å²) in [5.74, 6) is -1.71. The Morgan fingerprint density at radius 2 is 1.62 bits per heavy atom. The SMILES string of the molecule is O=C1[C@H](Cc2c(Cl)cc(OS(=O)(=O)C(F)(F)F)cc2Cl)CCN1C1CCC2=C(C1)NCN2S(=O)(=O)C(F)(F)F. The third-order valence-corrected chi connectivity index (χ3v) is 9.84. The molecule has 1 fully saturated rings. The van der Waals surface area contributed by atoms with Crippen molar-refractivity contribution >= 4 is 49.3 Å². The molecule has 0 aromatic heterocycles. The van der Waals surface area contributed by atoms with Gasteiger partial charge in [-0.1, -0.05) is 23.2 Å². The molecule has 1 N–H and O–H groups in total. The topological polar surface area (TPSA) is 113 Å². The number of carbonyl (C=O) groups is 1. The molecule has 0 saturated carbocycles. The number of carbonyl (C=O) groups excluding carboxylic acids is 1. The van der Waals surface area contributed by atoms with Gasteiger partial charge in [0.25, 0.3) is 0 Å². The Bertz CT molecular complexity index is 1410. The first-order chi connectivity index (χ1) is 17.8. The number of sulfonamides is 1. The van der Waals surface area contributed by atoms with Gasteiger partial charge < -0.3 is 14.4 Å². The zero-order valence-electron chi connectivity index (χ0n) is 19.4. The van der Waals surface area contributed by atoms with Crippen LogP contribution in [-0.2, 0) is 31.4 Å². The second-order valence-electron chi connectivity index (χ2n) is 9.03. The maximum Gasteiger partial charge on any atom is 0.534 e. The number of nitrogens with one attached hydrogen (secondary N) is 1. The van der Waals surface area contributed by atoms with Crippen LogP contribution in [-0.4, -0.2) is 62.2 Å². The van der Waals surface area contributed by atoms with Gasteiger partial charge in [0, 0.05) is 52.8 Å². The van der Waals surface area contributed by atoms with E-state index in [-0.39, 0.29) is 52.9 Å². The molecule has 0 radical (unpaired) electrons. The normalized spacial score (nSPS) is 22.8. The minimum Gasteiger partial charge on any atom is -0.376 e. The Morgan fingerprint density at radius 1 is 1.00 bits per heavy atom. The predicted molar refractivity (Wildman–Crippen MR) is 125 cm³/mol. The molecule has 0 bridgehead atoms. The average Bonchev–Trinajstić information content (AvgIpc) is 3.37. The van der Waals surface area contributed by atoms with Crippen molar-refractivity contribution in [2.75, 3.05) is 13.2 Å². The van der Waals surface area contributed by atoms with Crippen molar-refractivity contribution in [2.24, 2.45) is 5.92 Å². The van der Waals surface area contributed by atoms with Gasteiger partial charge in [-0.05, 0) is 31.2 Å². The summed E-state index contributed by atoms with van der Waals surface area (Å²) in [6.45, 7) is -0.265. The summed E-state index contributed by atoms with van der Waals surface area (Å²) in [7, 11) is -11.5. The molecule has 39 heavy (non-hydrogen) atoms. The third kappa shape index (κ3) is 5.59. The van der Waals surface area contributed by atoms with Crippen LogP contribution in [0, 0.1) is 5.92 Å². The molecule has 1 aromatic carbocycles. The molecular weight excluding hydrogens is 627 g/mol. The zero-order chi connectivity index (χ0) is 29.1. The molecule has 3 aliphatic rings. The Kier molecular flexibility index (Phi) is 7.71. The quantitative estimate of drug-likeness (QED) is 0.282. The number of halogens is 8. The summed E-state index contributed by atoms with van der Waals surface area (Å²) < 4.78 is 127. The van der Waals surface area contributed by atoms with Gasteiger partial charge >= 0.3 is 31.2 Å². The van der Waals surface area contributed by atoms with Gasteiger partial charge in [0.15, 0.2) is 0 Å². The van der Waals surface area contributed by atoms with E-state index >= 15 is 0 Å². The summed E-state index contributed by atoms with van der Waals surface area (Å²) in [6.07, 6.45) is 0.673. The molecule has 2 atom stereocenters. The molecule has 4 rings (SSSR count). The lowest BCUT2D eigenvalue weighted by Crippen LogP contribution is -2.41. The molecule has 1 amide bonds. The number of nitrogens with zero attached hydrogens (tertiary/aromatic N) is 2. The van der Waals surface area contributed by atoms with Crippen LogP contribution < -0.4 is 9.50 Å². The first kappa shape index (κ1) is 29.9. The van der Waals surface area contributed by atoms with E-state index in [0.29, 0.717) is 23.0 Å². The first-order valence-corrected chi connectivity index (χ1v) is 14.8. The zero-order valence-corrected chi connectivity index (χ0v) is 22.6. The van der Waals surface area contributed by atoms with Gasteiger partial charge in [0.05, 0.1) is 5.70 Å². The Morgan fingerprint density at radius 3 is 2.18 bits per heavy atom. The Hall–Kier alpha value is -2.11. The van der Waals surface area contributed by atoms with E-state index in [4.69, 9.17) is 23.2 Å². The van der Waals surface area contributed by atoms with Crippen LogP contribution in [0.15, 0.2) is 23.5 Å². The standard InChI is InChI=1S/C20H19Cl2F6N3O6S2/c21-14-7-12(37-39(35,36)20(26,27)28)8-15(22)13(14)5-10-3-4-30(18(10)32)11-1-2-17-16(6-11)29-9-31(17)38(33,34)19(23,24)25/h7-8,10-11,29H,1-6,9H2/t10-,11?/m0/s1. The molecule has 1 aliphatic carbocycles. The van der Waals surface area contributed by atoms with Crippen LogP contribution in [0.3, 0.4) is 0 Å². The van der Waals surface area contributed by atoms with Crippen molar-refractivity contribution in [1.82, 2.24) is 14.5 Å². The third-order valence-electron chi connectivity index (χ3n) is 6.67. The van der Waals surface area contributed by atoms with E-state index in [1.807, 2.05) is 0 Å². The molecule has 1 aromatic rings. The van der Waals surface area contributed by atoms with Crippen LogP contribution in [0.4, 0.5) is 26.3 Å². The second-order valence-corrected chi connectivity index (χ2v) is 13.2. The molecule has 0 spiro atoms. The lowest BCUT2D eigenvalue weighted by Gasteiger charge is -2.33. The van der Waals surface area contributed by atoms with Gasteiger partial charge in [0.2, 0.25) is 5.91 Å². The number of amides is 1. The number of hydrogen-bond donors (Lipinski definition) is 1. The number of likely N-dealkylation sites (tertiary alicyclic amines) is 1. The van der Waals surface area contributed by atoms with Crippen LogP contribution >= 0.6 is 23.2 Å². The van der Waals surface area contributed by atoms with Crippen molar-refractivity contribution in [3.8, 4) is 5.75 Å². The molecule has 9 nitrogen and oxygen atoms in total. The van der Waals surface area contributed by atoms with Crippen molar-refractivity contribution in [3.63, 3.8) is 0 Å². The van der Waals surface area contributed by atoms with Gasteiger partial charge in [-0.2, -0.15) is 43.2 Å². The average molecular weight is 646 g/mol. The number of rotatable bonds is 6. The monoisotopic (exact) mass is 645 g/mol. The Labute approximate surface area is 228 Å². The smallest absolute Gasteiger partial charge is 0.376 e. The summed E-state index contributed by atoms with van der Waals surface area (Å²) >= 11 is 12.2. The maximum absolute atomic E-state index is 13.2. The fraction of sp³-hybridized carbons (Fsp3) is 0.550. The summed E-state index contributed by atoms with van der Waals surface area (Å²) in [5, 5.41) is 2.25. The molecule has 19 heteroatoms. The molecule has 1 saturated heterocycles. The van der Waals surface area contributed by atoms with Crippen LogP contribution in [0.2, 0.25) is 10.0 Å². The minimum absolute atomic E-state index is 0.00327. The molecule has 218 valence electrons. The van der Waals surface area contributed by atoms with E-state index in [1.54, 1.807) is 4.90 Å². The molecular formula is C20H19Cl2F6N3O6S2. The predicted octanol–water partition coefficient (Wildman–Crippen LogP) is 4.09. The van der Waals surface area contributed by atoms with Gasteiger partial charge in [-0.15, -0.1) is 0 Å². The number of hydrogen-bond acceptors (Lipinski definition) is 7. The summed E-state index contributed by atoms with van der Waals surface area (Å²) in [4.78, 5) is 14.7. The van der Waals surface area contributed by atoms with Crippen molar-refractivity contribution in [2.45, 2.75) is 49.2 Å². The first-order valence-electron chi connectivity index (χ1n) is 11.2. The number of benzene rings is 1. The van der Waals surface area contributed by atoms with Crippen LogP contribution in [0.25, 0.3) is 0 Å². The minimum atomic E-state index is -5.95. The fourth-order valence-corrected chi connectivity index (χ4v) is 6.84. The van der Waals surface area contributed by atoms with Crippen molar-refractivity contribution in [1.29, 1.82) is 0 Å². The highest BCUT2D eigenvalue weighted by molar-refractivity contribution is 7.90. The Balaban J connectivity index is 1.44. The summed E-state index contributed by atoms with van der Waals surface area (Å²) in [5.41, 5.74) is -10.6. The van der Waals surface area contributed by atoms with Crippen molar-refractivity contribution < 1.29 is 52.2 Å². The highest BCUT2D eigenvalue weighted by atomic mass is 35.5. The van der Waals surface area contributed by atoms with E-state index in [9.17, 15) is 48.0 Å². The maximum atomic E-state index is 13.2. The van der Waals surface area contributed by atoms with Crippen molar-refractivity contribution in [3.05, 3.63) is 39.1 Å². The van der Waals surface area contributed by atoms with E-state index in [2.05, 4.69) is 9.50 Å². The largest absolute Gasteiger partial charge is 0.534 e. The summed E-state index contributed by atoms with van der Waals surface area (Å²) in [6, 6.07) is 1.27. The fourth-order valence-electron chi connectivity index (χ4n) is 4.80. The van der Waals surface area contributed by atoms with E-state index in [0.717, 1.165) is 12.1 Å². The van der Waals surface area contributed by atoms with Crippen LogP contribution in [0.5, 0.6) is 5.75 Å². The molecule has 1 unspecified atom stereocenters. The van der Waals surface area contributed by atoms with Gasteiger partial charge in [0.1, 0.15) is 12.4 Å².